The van der Waals surface area contributed by atoms with E-state index < -0.39 is 6.03 Å². The van der Waals surface area contributed by atoms with Gasteiger partial charge in [0, 0.05) is 10.2 Å². The molecule has 86 valence electrons. The zero-order chi connectivity index (χ0) is 12.0. The topological polar surface area (TPSA) is 67.5 Å². The Morgan fingerprint density at radius 2 is 2.31 bits per heavy atom. The summed E-state index contributed by atoms with van der Waals surface area (Å²) in [5.41, 5.74) is 9.19. The lowest BCUT2D eigenvalue weighted by molar-refractivity contribution is 0.249. The molecule has 0 saturated carbocycles. The van der Waals surface area contributed by atoms with Gasteiger partial charge in [-0.1, -0.05) is 28.1 Å². The third kappa shape index (κ3) is 4.93. The molecule has 0 bridgehead atoms. The molecule has 4 nitrogen and oxygen atoms in total. The molecule has 0 fully saturated rings. The number of nitrogens with two attached hydrogens (primary N) is 1. The number of carbonyl (C=O) groups is 1. The van der Waals surface area contributed by atoms with Crippen LogP contribution in [-0.4, -0.2) is 11.7 Å². The highest BCUT2D eigenvalue weighted by Gasteiger charge is 1.97. The highest BCUT2D eigenvalue weighted by molar-refractivity contribution is 9.10. The minimum absolute atomic E-state index is 0.637. The smallest absolute Gasteiger partial charge is 0.332 e. The van der Waals surface area contributed by atoms with E-state index in [9.17, 15) is 4.79 Å². The monoisotopic (exact) mass is 283 g/mol. The van der Waals surface area contributed by atoms with Crippen molar-refractivity contribution in [3.8, 4) is 0 Å². The number of carbonyl (C=O) groups excluding carboxylic acids is 1. The van der Waals surface area contributed by atoms with Gasteiger partial charge in [-0.3, -0.25) is 0 Å². The number of aryl methyl sites for hydroxylation is 1. The van der Waals surface area contributed by atoms with Crippen LogP contribution < -0.4 is 11.2 Å². The molecule has 1 aromatic rings. The van der Waals surface area contributed by atoms with Gasteiger partial charge < -0.3 is 5.73 Å². The molecule has 0 radical (unpaired) electrons. The molecule has 0 saturated heterocycles. The van der Waals surface area contributed by atoms with E-state index in [2.05, 4.69) is 38.6 Å². The molecule has 1 aromatic carbocycles. The van der Waals surface area contributed by atoms with Gasteiger partial charge in [0.15, 0.2) is 0 Å². The van der Waals surface area contributed by atoms with Crippen LogP contribution in [0.5, 0.6) is 0 Å². The summed E-state index contributed by atoms with van der Waals surface area (Å²) in [5, 5.41) is 3.84. The summed E-state index contributed by atoms with van der Waals surface area (Å²) in [6.07, 6.45) is 1.67. The third-order valence-corrected chi connectivity index (χ3v) is 2.51. The molecule has 0 spiro atoms. The van der Waals surface area contributed by atoms with Crippen LogP contribution in [0.3, 0.4) is 0 Å². The van der Waals surface area contributed by atoms with Crippen LogP contribution in [0.25, 0.3) is 0 Å². The highest BCUT2D eigenvalue weighted by Crippen LogP contribution is 2.13. The van der Waals surface area contributed by atoms with Crippen molar-refractivity contribution >= 4 is 27.7 Å². The van der Waals surface area contributed by atoms with E-state index in [0.717, 1.165) is 23.0 Å². The minimum Gasteiger partial charge on any atom is -0.350 e. The van der Waals surface area contributed by atoms with Crippen LogP contribution in [0.15, 0.2) is 33.8 Å². The van der Waals surface area contributed by atoms with E-state index in [-0.39, 0.29) is 0 Å². The van der Waals surface area contributed by atoms with Gasteiger partial charge in [0.2, 0.25) is 0 Å². The van der Waals surface area contributed by atoms with E-state index in [0.29, 0.717) is 0 Å². The number of hydrogen-bond acceptors (Lipinski definition) is 2. The Morgan fingerprint density at radius 3 is 2.94 bits per heavy atom. The maximum atomic E-state index is 10.4. The molecule has 0 aliphatic carbocycles. The van der Waals surface area contributed by atoms with Gasteiger partial charge in [0.1, 0.15) is 0 Å². The van der Waals surface area contributed by atoms with Crippen molar-refractivity contribution in [1.29, 1.82) is 0 Å². The first-order valence-corrected chi connectivity index (χ1v) is 5.70. The van der Waals surface area contributed by atoms with E-state index in [1.165, 1.54) is 5.56 Å². The van der Waals surface area contributed by atoms with Crippen molar-refractivity contribution in [2.24, 2.45) is 10.8 Å². The maximum Gasteiger partial charge on any atom is 0.332 e. The number of amides is 2. The number of benzene rings is 1. The van der Waals surface area contributed by atoms with Crippen molar-refractivity contribution in [2.75, 3.05) is 0 Å². The number of hydrazone groups is 1. The Bertz CT molecular complexity index is 404. The number of primary amides is 1. The van der Waals surface area contributed by atoms with Crippen LogP contribution in [-0.2, 0) is 6.42 Å². The van der Waals surface area contributed by atoms with Crippen LogP contribution >= 0.6 is 15.9 Å². The number of nitrogens with one attached hydrogen (secondary N) is 1. The van der Waals surface area contributed by atoms with Crippen LogP contribution in [0, 0.1) is 0 Å². The molecule has 1 rings (SSSR count). The lowest BCUT2D eigenvalue weighted by Gasteiger charge is -2.02. The van der Waals surface area contributed by atoms with Crippen molar-refractivity contribution in [2.45, 2.75) is 19.8 Å². The van der Waals surface area contributed by atoms with Gasteiger partial charge in [-0.15, -0.1) is 0 Å². The van der Waals surface area contributed by atoms with Gasteiger partial charge in [-0.2, -0.15) is 5.10 Å². The van der Waals surface area contributed by atoms with E-state index >= 15 is 0 Å². The summed E-state index contributed by atoms with van der Waals surface area (Å²) >= 11 is 3.42. The van der Waals surface area contributed by atoms with Crippen molar-refractivity contribution < 1.29 is 4.79 Å². The molecule has 2 amide bonds. The van der Waals surface area contributed by atoms with Gasteiger partial charge in [0.25, 0.3) is 0 Å². The van der Waals surface area contributed by atoms with Gasteiger partial charge in [-0.05, 0) is 37.5 Å². The molecule has 0 aromatic heterocycles. The summed E-state index contributed by atoms with van der Waals surface area (Å²) in [7, 11) is 0. The largest absolute Gasteiger partial charge is 0.350 e. The molecular formula is C11H14BrN3O. The average Bonchev–Trinajstić information content (AvgIpc) is 2.23. The normalized spacial score (nSPS) is 11.2. The molecule has 0 unspecified atom stereocenters. The summed E-state index contributed by atoms with van der Waals surface area (Å²) in [6, 6.07) is 7.46. The van der Waals surface area contributed by atoms with Crippen molar-refractivity contribution in [3.05, 3.63) is 34.3 Å². The Morgan fingerprint density at radius 1 is 1.56 bits per heavy atom. The van der Waals surface area contributed by atoms with Gasteiger partial charge >= 0.3 is 6.03 Å². The SMILES string of the molecule is C/C(CCc1cccc(Br)c1)=N/NC(N)=O. The molecule has 0 aliphatic heterocycles. The Hall–Kier alpha value is -1.36. The van der Waals surface area contributed by atoms with Crippen LogP contribution in [0.4, 0.5) is 4.79 Å². The van der Waals surface area contributed by atoms with Gasteiger partial charge in [-0.25, -0.2) is 10.2 Å². The Kier molecular flexibility index (Phi) is 4.98. The molecule has 16 heavy (non-hydrogen) atoms. The average molecular weight is 284 g/mol. The second-order valence-electron chi connectivity index (χ2n) is 3.45. The highest BCUT2D eigenvalue weighted by atomic mass is 79.9. The Balaban J connectivity index is 2.45. The summed E-state index contributed by atoms with van der Waals surface area (Å²) < 4.78 is 1.06. The predicted octanol–water partition coefficient (Wildman–Crippen LogP) is 2.43. The maximum absolute atomic E-state index is 10.4. The number of hydrogen-bond donors (Lipinski definition) is 2. The van der Waals surface area contributed by atoms with Crippen molar-refractivity contribution in [1.82, 2.24) is 5.43 Å². The van der Waals surface area contributed by atoms with Crippen LogP contribution in [0.2, 0.25) is 0 Å². The second-order valence-corrected chi connectivity index (χ2v) is 4.37. The Labute approximate surface area is 103 Å². The first-order valence-electron chi connectivity index (χ1n) is 4.91. The molecule has 0 heterocycles. The first-order chi connectivity index (χ1) is 7.58. The number of rotatable bonds is 4. The molecule has 0 aliphatic rings. The molecule has 3 N–H and O–H groups in total. The number of halogens is 1. The van der Waals surface area contributed by atoms with E-state index in [4.69, 9.17) is 5.73 Å². The molecular weight excluding hydrogens is 270 g/mol. The van der Waals surface area contributed by atoms with Gasteiger partial charge in [0.05, 0.1) is 0 Å². The lowest BCUT2D eigenvalue weighted by Crippen LogP contribution is -2.25. The predicted molar refractivity (Wildman–Crippen MR) is 68.3 cm³/mol. The molecule has 5 heteroatoms. The fourth-order valence-corrected chi connectivity index (χ4v) is 1.67. The second kappa shape index (κ2) is 6.27. The van der Waals surface area contributed by atoms with E-state index in [1.807, 2.05) is 19.1 Å². The van der Waals surface area contributed by atoms with E-state index in [1.54, 1.807) is 0 Å². The van der Waals surface area contributed by atoms with Crippen LogP contribution in [0.1, 0.15) is 18.9 Å². The summed E-state index contributed by atoms with van der Waals surface area (Å²) in [6.45, 7) is 1.86. The third-order valence-electron chi connectivity index (χ3n) is 2.02. The fourth-order valence-electron chi connectivity index (χ4n) is 1.22. The lowest BCUT2D eigenvalue weighted by atomic mass is 10.1. The zero-order valence-electron chi connectivity index (χ0n) is 9.03. The standard InChI is InChI=1S/C11H14BrN3O/c1-8(14-15-11(13)16)5-6-9-3-2-4-10(12)7-9/h2-4,7H,5-6H2,1H3,(H3,13,15,16)/b14-8-. The number of urea groups is 1. The zero-order valence-corrected chi connectivity index (χ0v) is 10.6. The number of nitrogens with zero attached hydrogens (tertiary/aromatic N) is 1. The van der Waals surface area contributed by atoms with Crippen molar-refractivity contribution in [3.63, 3.8) is 0 Å². The first kappa shape index (κ1) is 12.7. The minimum atomic E-state index is -0.637. The molecule has 0 atom stereocenters. The fraction of sp³-hybridized carbons (Fsp3) is 0.273. The quantitative estimate of drug-likeness (QED) is 0.647. The summed E-state index contributed by atoms with van der Waals surface area (Å²) in [5.74, 6) is 0. The summed E-state index contributed by atoms with van der Waals surface area (Å²) in [4.78, 5) is 10.4.